The minimum Gasteiger partial charge on any atom is -0.496 e. The van der Waals surface area contributed by atoms with E-state index in [1.807, 2.05) is 0 Å². The second kappa shape index (κ2) is 7.25. The molecule has 0 radical (unpaired) electrons. The molecule has 2 rings (SSSR count). The van der Waals surface area contributed by atoms with E-state index in [0.717, 1.165) is 21.7 Å². The Morgan fingerprint density at radius 3 is 2.11 bits per heavy atom. The first kappa shape index (κ1) is 20.8. The Kier molecular flexibility index (Phi) is 5.59. The average molecular weight is 401 g/mol. The molecule has 0 aliphatic heterocycles. The van der Waals surface area contributed by atoms with Crippen LogP contribution in [0, 0.1) is 12.3 Å². The van der Waals surface area contributed by atoms with Crippen molar-refractivity contribution in [2.75, 3.05) is 18.6 Å². The molecule has 144 valence electrons. The van der Waals surface area contributed by atoms with Crippen molar-refractivity contribution in [3.8, 4) is 29.6 Å². The maximum Gasteiger partial charge on any atom is 0.222 e. The van der Waals surface area contributed by atoms with E-state index in [0.29, 0.717) is 11.5 Å². The summed E-state index contributed by atoms with van der Waals surface area (Å²) in [7, 11) is -1.99. The van der Waals surface area contributed by atoms with Gasteiger partial charge in [0.2, 0.25) is 5.95 Å². The molecule has 0 aliphatic rings. The lowest BCUT2D eigenvalue weighted by Gasteiger charge is -2.29. The van der Waals surface area contributed by atoms with E-state index < -0.39 is 16.1 Å². The normalized spacial score (nSPS) is 11.8. The van der Waals surface area contributed by atoms with Crippen LogP contribution in [0.1, 0.15) is 5.56 Å². The molecule has 0 fully saturated rings. The Hall–Kier alpha value is -2.51. The molecule has 1 aromatic heterocycles. The van der Waals surface area contributed by atoms with Crippen LogP contribution in [0.3, 0.4) is 0 Å². The average Bonchev–Trinajstić information content (AvgIpc) is 2.54. The van der Waals surface area contributed by atoms with Gasteiger partial charge in [0.25, 0.3) is 0 Å². The van der Waals surface area contributed by atoms with Crippen molar-refractivity contribution in [2.45, 2.75) is 39.3 Å². The Morgan fingerprint density at radius 1 is 1.04 bits per heavy atom. The van der Waals surface area contributed by atoms with Crippen LogP contribution in [0.4, 0.5) is 11.8 Å². The summed E-state index contributed by atoms with van der Waals surface area (Å²) in [5.41, 5.74) is 12.3. The zero-order valence-electron chi connectivity index (χ0n) is 17.1. The van der Waals surface area contributed by atoms with Crippen molar-refractivity contribution in [3.63, 3.8) is 0 Å². The number of rotatable bonds is 5. The van der Waals surface area contributed by atoms with Crippen LogP contribution in [-0.4, -0.2) is 33.2 Å². The second-order valence-electron chi connectivity index (χ2n) is 8.43. The quantitative estimate of drug-likeness (QED) is 0.591. The molecular weight excluding hydrogens is 372 g/mol. The largest absolute Gasteiger partial charge is 0.496 e. The number of hydrogen-bond acceptors (Lipinski definition) is 6. The fourth-order valence-electron chi connectivity index (χ4n) is 2.97. The Bertz CT molecular complexity index is 910. The summed E-state index contributed by atoms with van der Waals surface area (Å²) < 4.78 is 12.0. The second-order valence-corrected chi connectivity index (χ2v) is 18.5. The third kappa shape index (κ3) is 4.26. The molecule has 4 N–H and O–H groups in total. The molecule has 0 atom stereocenters. The first-order valence-corrected chi connectivity index (χ1v) is 15.7. The number of hydrogen-bond donors (Lipinski definition) is 2. The van der Waals surface area contributed by atoms with E-state index in [-0.39, 0.29) is 11.8 Å². The third-order valence-electron chi connectivity index (χ3n) is 4.17. The molecule has 6 nitrogen and oxygen atoms in total. The van der Waals surface area contributed by atoms with Gasteiger partial charge in [0, 0.05) is 5.19 Å². The lowest BCUT2D eigenvalue weighted by molar-refractivity contribution is 0.415. The van der Waals surface area contributed by atoms with Crippen molar-refractivity contribution in [2.24, 2.45) is 0 Å². The highest BCUT2D eigenvalue weighted by atomic mass is 28.3. The topological polar surface area (TPSA) is 96.3 Å². The molecule has 0 spiro atoms. The third-order valence-corrected chi connectivity index (χ3v) is 8.16. The van der Waals surface area contributed by atoms with Gasteiger partial charge in [0.15, 0.2) is 11.6 Å². The number of nitrogens with zero attached hydrogens (tertiary/aromatic N) is 2. The summed E-state index contributed by atoms with van der Waals surface area (Å²) in [6.45, 7) is 13.4. The molecular formula is C19H28N4O2Si2. The highest BCUT2D eigenvalue weighted by Crippen LogP contribution is 2.31. The van der Waals surface area contributed by atoms with Crippen LogP contribution in [0.15, 0.2) is 12.3 Å². The molecule has 0 bridgehead atoms. The standard InChI is InChI=1S/C19H28N4O2Si2/c1-9-12-16(24-2)15(26(3,4)5)10-13(17(12)27(6,7)8)25-14-11-22-19(21)23-18(14)20/h1,10-11H,2-8H3,(H4,20,21,22,23). The molecule has 0 amide bonds. The zero-order chi connectivity index (χ0) is 20.6. The number of ether oxygens (including phenoxy) is 2. The van der Waals surface area contributed by atoms with Crippen molar-refractivity contribution in [3.05, 3.63) is 17.8 Å². The Balaban J connectivity index is 2.83. The van der Waals surface area contributed by atoms with Gasteiger partial charge in [0.05, 0.1) is 35.0 Å². The number of terminal acetylenes is 1. The number of benzene rings is 1. The van der Waals surface area contributed by atoms with E-state index in [1.165, 1.54) is 6.20 Å². The minimum atomic E-state index is -1.89. The zero-order valence-corrected chi connectivity index (χ0v) is 19.1. The Labute approximate surface area is 163 Å². The lowest BCUT2D eigenvalue weighted by atomic mass is 10.2. The predicted molar refractivity (Wildman–Crippen MR) is 118 cm³/mol. The number of anilines is 2. The van der Waals surface area contributed by atoms with Crippen LogP contribution in [0.2, 0.25) is 39.3 Å². The fraction of sp³-hybridized carbons (Fsp3) is 0.368. The van der Waals surface area contributed by atoms with Crippen LogP contribution >= 0.6 is 0 Å². The lowest BCUT2D eigenvalue weighted by Crippen LogP contribution is -2.45. The molecule has 0 saturated carbocycles. The highest BCUT2D eigenvalue weighted by Gasteiger charge is 2.33. The van der Waals surface area contributed by atoms with Crippen LogP contribution < -0.4 is 31.3 Å². The van der Waals surface area contributed by atoms with Gasteiger partial charge >= 0.3 is 0 Å². The highest BCUT2D eigenvalue weighted by molar-refractivity contribution is 6.91. The van der Waals surface area contributed by atoms with Gasteiger partial charge in [0.1, 0.15) is 11.5 Å². The number of methoxy groups -OCH3 is 1. The van der Waals surface area contributed by atoms with Gasteiger partial charge in [-0.05, 0) is 11.3 Å². The Morgan fingerprint density at radius 2 is 1.67 bits per heavy atom. The first-order chi connectivity index (χ1) is 12.4. The van der Waals surface area contributed by atoms with Gasteiger partial charge in [-0.3, -0.25) is 0 Å². The van der Waals surface area contributed by atoms with E-state index in [2.05, 4.69) is 61.2 Å². The molecule has 27 heavy (non-hydrogen) atoms. The maximum atomic E-state index is 6.20. The molecule has 0 aliphatic carbocycles. The molecule has 2 aromatic rings. The summed E-state index contributed by atoms with van der Waals surface area (Å²) in [6.07, 6.45) is 7.42. The molecule has 1 heterocycles. The molecule has 0 unspecified atom stereocenters. The first-order valence-electron chi connectivity index (χ1n) is 8.68. The van der Waals surface area contributed by atoms with E-state index in [1.54, 1.807) is 7.11 Å². The fourth-order valence-corrected chi connectivity index (χ4v) is 6.24. The van der Waals surface area contributed by atoms with Crippen molar-refractivity contribution in [1.82, 2.24) is 9.97 Å². The number of aromatic nitrogens is 2. The summed E-state index contributed by atoms with van der Waals surface area (Å²) in [4.78, 5) is 7.98. The summed E-state index contributed by atoms with van der Waals surface area (Å²) in [5.74, 6) is 4.98. The van der Waals surface area contributed by atoms with Crippen LogP contribution in [-0.2, 0) is 0 Å². The van der Waals surface area contributed by atoms with Gasteiger partial charge in [-0.25, -0.2) is 4.98 Å². The predicted octanol–water partition coefficient (Wildman–Crippen LogP) is 2.51. The smallest absolute Gasteiger partial charge is 0.222 e. The van der Waals surface area contributed by atoms with Gasteiger partial charge < -0.3 is 20.9 Å². The molecule has 0 saturated heterocycles. The van der Waals surface area contributed by atoms with Crippen LogP contribution in [0.25, 0.3) is 0 Å². The van der Waals surface area contributed by atoms with E-state index in [9.17, 15) is 0 Å². The van der Waals surface area contributed by atoms with E-state index >= 15 is 0 Å². The molecule has 1 aromatic carbocycles. The van der Waals surface area contributed by atoms with Crippen molar-refractivity contribution < 1.29 is 9.47 Å². The summed E-state index contributed by atoms with van der Waals surface area (Å²) in [5, 5.41) is 2.12. The summed E-state index contributed by atoms with van der Waals surface area (Å²) >= 11 is 0. The number of nitrogen functional groups attached to an aromatic ring is 2. The van der Waals surface area contributed by atoms with Crippen LogP contribution in [0.5, 0.6) is 17.2 Å². The number of nitrogens with two attached hydrogens (primary N) is 2. The van der Waals surface area contributed by atoms with Gasteiger partial charge in [-0.1, -0.05) is 45.2 Å². The van der Waals surface area contributed by atoms with Gasteiger partial charge in [-0.15, -0.1) is 6.42 Å². The van der Waals surface area contributed by atoms with E-state index in [4.69, 9.17) is 27.4 Å². The van der Waals surface area contributed by atoms with Gasteiger partial charge in [-0.2, -0.15) is 4.98 Å². The van der Waals surface area contributed by atoms with Crippen molar-refractivity contribution >= 4 is 38.3 Å². The SMILES string of the molecule is C#Cc1c(OC)c([Si](C)(C)C)cc(Oc2cnc(N)nc2N)c1[Si](C)(C)C. The summed E-state index contributed by atoms with van der Waals surface area (Å²) in [6, 6.07) is 2.05. The minimum absolute atomic E-state index is 0.104. The maximum absolute atomic E-state index is 6.20. The van der Waals surface area contributed by atoms with Crippen molar-refractivity contribution in [1.29, 1.82) is 0 Å². The monoisotopic (exact) mass is 400 g/mol. The molecule has 8 heteroatoms.